The van der Waals surface area contributed by atoms with Gasteiger partial charge in [-0.3, -0.25) is 0 Å². The van der Waals surface area contributed by atoms with E-state index < -0.39 is 6.10 Å². The number of hydrogen-bond acceptors (Lipinski definition) is 4. The van der Waals surface area contributed by atoms with Gasteiger partial charge in [0.25, 0.3) is 0 Å². The molecule has 4 bridgehead atoms. The molecule has 0 saturated heterocycles. The molecule has 4 aliphatic rings. The van der Waals surface area contributed by atoms with E-state index in [-0.39, 0.29) is 0 Å². The van der Waals surface area contributed by atoms with Crippen LogP contribution in [0.3, 0.4) is 0 Å². The van der Waals surface area contributed by atoms with E-state index in [1.54, 1.807) is 7.11 Å². The van der Waals surface area contributed by atoms with Gasteiger partial charge in [0.1, 0.15) is 24.2 Å². The van der Waals surface area contributed by atoms with Gasteiger partial charge >= 0.3 is 0 Å². The van der Waals surface area contributed by atoms with Crippen LogP contribution < -0.4 is 14.8 Å². The largest absolute Gasteiger partial charge is 0.497 e. The first-order chi connectivity index (χ1) is 11.6. The zero-order chi connectivity index (χ0) is 16.6. The molecule has 132 valence electrons. The highest BCUT2D eigenvalue weighted by Gasteiger charge is 2.50. The van der Waals surface area contributed by atoms with Crippen LogP contribution in [0.25, 0.3) is 0 Å². The molecular formula is C20H29NO3. The Kier molecular flexibility index (Phi) is 4.44. The number of β-amino-alcohol motifs (C(OH)–C–C–N with tert-alkyl or cyclic N) is 1. The Hall–Kier alpha value is -1.26. The van der Waals surface area contributed by atoms with Gasteiger partial charge in [-0.1, -0.05) is 6.07 Å². The Bertz CT molecular complexity index is 538. The van der Waals surface area contributed by atoms with E-state index in [4.69, 9.17) is 9.47 Å². The van der Waals surface area contributed by atoms with Crippen LogP contribution in [0.2, 0.25) is 0 Å². The SMILES string of the molecule is COc1cccc(OCC(O)CNC23CC4CC(CC(C4)C2)C3)c1. The molecule has 0 aromatic heterocycles. The Morgan fingerprint density at radius 3 is 2.38 bits per heavy atom. The van der Waals surface area contributed by atoms with Crippen LogP contribution in [-0.4, -0.2) is 37.0 Å². The van der Waals surface area contributed by atoms with E-state index >= 15 is 0 Å². The summed E-state index contributed by atoms with van der Waals surface area (Å²) in [6.45, 7) is 0.933. The summed E-state index contributed by atoms with van der Waals surface area (Å²) in [5.74, 6) is 4.29. The van der Waals surface area contributed by atoms with Crippen molar-refractivity contribution >= 4 is 0 Å². The van der Waals surface area contributed by atoms with Crippen molar-refractivity contribution in [2.75, 3.05) is 20.3 Å². The molecule has 2 N–H and O–H groups in total. The van der Waals surface area contributed by atoms with Gasteiger partial charge in [-0.15, -0.1) is 0 Å². The van der Waals surface area contributed by atoms with Crippen molar-refractivity contribution in [3.05, 3.63) is 24.3 Å². The molecular weight excluding hydrogens is 302 g/mol. The maximum absolute atomic E-state index is 10.3. The summed E-state index contributed by atoms with van der Waals surface area (Å²) in [6, 6.07) is 7.52. The van der Waals surface area contributed by atoms with Crippen molar-refractivity contribution in [2.24, 2.45) is 17.8 Å². The highest BCUT2D eigenvalue weighted by molar-refractivity contribution is 5.32. The highest BCUT2D eigenvalue weighted by atomic mass is 16.5. The summed E-state index contributed by atoms with van der Waals surface area (Å²) in [7, 11) is 1.64. The van der Waals surface area contributed by atoms with Crippen LogP contribution in [0.15, 0.2) is 24.3 Å². The van der Waals surface area contributed by atoms with Gasteiger partial charge in [0.05, 0.1) is 7.11 Å². The summed E-state index contributed by atoms with van der Waals surface area (Å²) in [5.41, 5.74) is 0.297. The molecule has 0 aliphatic heterocycles. The van der Waals surface area contributed by atoms with Crippen molar-refractivity contribution < 1.29 is 14.6 Å². The fraction of sp³-hybridized carbons (Fsp3) is 0.700. The number of methoxy groups -OCH3 is 1. The molecule has 1 aromatic rings. The quantitative estimate of drug-likeness (QED) is 0.806. The Morgan fingerprint density at radius 1 is 1.12 bits per heavy atom. The van der Waals surface area contributed by atoms with E-state index in [0.29, 0.717) is 18.7 Å². The predicted molar refractivity (Wildman–Crippen MR) is 93.4 cm³/mol. The maximum Gasteiger partial charge on any atom is 0.123 e. The van der Waals surface area contributed by atoms with E-state index in [0.717, 1.165) is 29.3 Å². The average molecular weight is 331 g/mol. The number of aliphatic hydroxyl groups excluding tert-OH is 1. The van der Waals surface area contributed by atoms with Crippen LogP contribution in [0.5, 0.6) is 11.5 Å². The van der Waals surface area contributed by atoms with E-state index in [1.165, 1.54) is 38.5 Å². The van der Waals surface area contributed by atoms with Gasteiger partial charge in [-0.25, -0.2) is 0 Å². The van der Waals surface area contributed by atoms with Crippen LogP contribution in [0, 0.1) is 17.8 Å². The fourth-order valence-electron chi connectivity index (χ4n) is 5.60. The van der Waals surface area contributed by atoms with Crippen molar-refractivity contribution in [2.45, 2.75) is 50.2 Å². The number of hydrogen-bond donors (Lipinski definition) is 2. The van der Waals surface area contributed by atoms with Gasteiger partial charge in [0, 0.05) is 18.2 Å². The molecule has 4 aliphatic carbocycles. The van der Waals surface area contributed by atoms with Crippen LogP contribution in [0.4, 0.5) is 0 Å². The number of benzene rings is 1. The molecule has 4 saturated carbocycles. The zero-order valence-electron chi connectivity index (χ0n) is 14.5. The molecule has 0 radical (unpaired) electrons. The monoisotopic (exact) mass is 331 g/mol. The molecule has 5 rings (SSSR count). The molecule has 4 fully saturated rings. The highest BCUT2D eigenvalue weighted by Crippen LogP contribution is 2.55. The predicted octanol–water partition coefficient (Wildman–Crippen LogP) is 2.99. The topological polar surface area (TPSA) is 50.7 Å². The van der Waals surface area contributed by atoms with Gasteiger partial charge in [0.2, 0.25) is 0 Å². The average Bonchev–Trinajstić information content (AvgIpc) is 2.57. The molecule has 1 atom stereocenters. The van der Waals surface area contributed by atoms with Gasteiger partial charge in [0.15, 0.2) is 0 Å². The molecule has 4 nitrogen and oxygen atoms in total. The lowest BCUT2D eigenvalue weighted by Crippen LogP contribution is -2.59. The van der Waals surface area contributed by atoms with E-state index in [2.05, 4.69) is 5.32 Å². The number of rotatable bonds is 7. The normalized spacial score (nSPS) is 35.0. The third-order valence-electron chi connectivity index (χ3n) is 6.23. The number of nitrogens with one attached hydrogen (secondary N) is 1. The second kappa shape index (κ2) is 6.57. The van der Waals surface area contributed by atoms with Crippen molar-refractivity contribution in [1.29, 1.82) is 0 Å². The van der Waals surface area contributed by atoms with Gasteiger partial charge in [-0.05, 0) is 68.4 Å². The number of ether oxygens (including phenoxy) is 2. The van der Waals surface area contributed by atoms with E-state index in [1.807, 2.05) is 24.3 Å². The molecule has 1 aromatic carbocycles. The second-order valence-electron chi connectivity index (χ2n) is 8.22. The molecule has 4 heteroatoms. The smallest absolute Gasteiger partial charge is 0.123 e. The van der Waals surface area contributed by atoms with Crippen molar-refractivity contribution in [3.63, 3.8) is 0 Å². The molecule has 0 spiro atoms. The third-order valence-corrected chi connectivity index (χ3v) is 6.23. The van der Waals surface area contributed by atoms with Crippen LogP contribution >= 0.6 is 0 Å². The summed E-state index contributed by atoms with van der Waals surface area (Å²) >= 11 is 0. The van der Waals surface area contributed by atoms with Crippen LogP contribution in [0.1, 0.15) is 38.5 Å². The Balaban J connectivity index is 1.27. The van der Waals surface area contributed by atoms with Gasteiger partial charge in [-0.2, -0.15) is 0 Å². The Labute approximate surface area is 144 Å². The minimum absolute atomic E-state index is 0.297. The van der Waals surface area contributed by atoms with E-state index in [9.17, 15) is 5.11 Å². The van der Waals surface area contributed by atoms with Gasteiger partial charge < -0.3 is 19.9 Å². The first-order valence-corrected chi connectivity index (χ1v) is 9.34. The first kappa shape index (κ1) is 16.2. The fourth-order valence-corrected chi connectivity index (χ4v) is 5.60. The molecule has 24 heavy (non-hydrogen) atoms. The minimum atomic E-state index is -0.482. The standard InChI is InChI=1S/C20H29NO3/c1-23-18-3-2-4-19(8-18)24-13-17(22)12-21-20-9-14-5-15(10-20)7-16(6-14)11-20/h2-4,8,14-17,21-22H,5-7,9-13H2,1H3. The second-order valence-corrected chi connectivity index (χ2v) is 8.22. The summed E-state index contributed by atoms with van der Waals surface area (Å²) in [6.07, 6.45) is 7.78. The minimum Gasteiger partial charge on any atom is -0.497 e. The van der Waals surface area contributed by atoms with Crippen molar-refractivity contribution in [1.82, 2.24) is 5.32 Å². The summed E-state index contributed by atoms with van der Waals surface area (Å²) in [5, 5.41) is 14.1. The summed E-state index contributed by atoms with van der Waals surface area (Å²) < 4.78 is 10.9. The number of aliphatic hydroxyl groups is 1. The molecule has 1 unspecified atom stereocenters. The summed E-state index contributed by atoms with van der Waals surface area (Å²) in [4.78, 5) is 0. The third kappa shape index (κ3) is 3.40. The first-order valence-electron chi connectivity index (χ1n) is 9.34. The lowest BCUT2D eigenvalue weighted by Gasteiger charge is -2.57. The maximum atomic E-state index is 10.3. The lowest BCUT2D eigenvalue weighted by atomic mass is 9.53. The van der Waals surface area contributed by atoms with Crippen molar-refractivity contribution in [3.8, 4) is 11.5 Å². The van der Waals surface area contributed by atoms with Crippen LogP contribution in [-0.2, 0) is 0 Å². The zero-order valence-corrected chi connectivity index (χ0v) is 14.5. The molecule has 0 heterocycles. The molecule has 0 amide bonds. The lowest BCUT2D eigenvalue weighted by molar-refractivity contribution is -0.0266. The Morgan fingerprint density at radius 2 is 1.75 bits per heavy atom.